The Morgan fingerprint density at radius 1 is 1.08 bits per heavy atom. The van der Waals surface area contributed by atoms with Gasteiger partial charge in [-0.1, -0.05) is 23.7 Å². The number of imidazole rings is 1. The second kappa shape index (κ2) is 9.18. The molecule has 38 heavy (non-hydrogen) atoms. The summed E-state index contributed by atoms with van der Waals surface area (Å²) in [6.07, 6.45) is 0.988. The molecule has 196 valence electrons. The molecule has 11 nitrogen and oxygen atoms in total. The van der Waals surface area contributed by atoms with Gasteiger partial charge in [-0.2, -0.15) is 4.98 Å². The van der Waals surface area contributed by atoms with Gasteiger partial charge in [0.1, 0.15) is 11.4 Å². The minimum absolute atomic E-state index is 0.195. The fourth-order valence-corrected chi connectivity index (χ4v) is 4.52. The molecule has 0 atom stereocenters. The smallest absolute Gasteiger partial charge is 0.419 e. The number of carbonyl (C=O) groups excluding carboxylic acids is 1. The predicted octanol–water partition coefficient (Wildman–Crippen LogP) is 4.01. The summed E-state index contributed by atoms with van der Waals surface area (Å²) in [6.45, 7) is 5.09. The number of carbonyl (C=O) groups is 1. The molecule has 0 fully saturated rings. The molecule has 0 saturated heterocycles. The highest BCUT2D eigenvalue weighted by Gasteiger charge is 2.25. The van der Waals surface area contributed by atoms with Gasteiger partial charge in [-0.3, -0.25) is 13.9 Å². The minimum Gasteiger partial charge on any atom is -0.443 e. The van der Waals surface area contributed by atoms with Gasteiger partial charge in [-0.05, 0) is 51.1 Å². The van der Waals surface area contributed by atoms with Crippen molar-refractivity contribution in [3.63, 3.8) is 0 Å². The molecule has 4 aromatic heterocycles. The largest absolute Gasteiger partial charge is 0.443 e. The maximum Gasteiger partial charge on any atom is 0.419 e. The molecule has 5 rings (SSSR count). The number of benzene rings is 1. The first-order chi connectivity index (χ1) is 18.0. The number of nitrogens with zero attached hydrogens (tertiary/aromatic N) is 6. The van der Waals surface area contributed by atoms with Crippen LogP contribution in [-0.4, -0.2) is 39.9 Å². The number of hydrogen-bond acceptors (Lipinski definition) is 7. The maximum absolute atomic E-state index is 13.7. The molecule has 0 radical (unpaired) electrons. The van der Waals surface area contributed by atoms with Gasteiger partial charge < -0.3 is 14.6 Å². The van der Waals surface area contributed by atoms with Gasteiger partial charge in [0.05, 0.1) is 17.8 Å². The second-order valence-corrected chi connectivity index (χ2v) is 10.3. The molecule has 0 spiro atoms. The molecule has 0 aliphatic rings. The van der Waals surface area contributed by atoms with Gasteiger partial charge in [0.2, 0.25) is 5.95 Å². The molecule has 1 N–H and O–H groups in total. The molecule has 0 aliphatic carbocycles. The molecule has 1 aromatic carbocycles. The summed E-state index contributed by atoms with van der Waals surface area (Å²) < 4.78 is 10.9. The van der Waals surface area contributed by atoms with E-state index in [4.69, 9.17) is 16.3 Å². The number of hydrogen-bond donors (Lipinski definition) is 1. The summed E-state index contributed by atoms with van der Waals surface area (Å²) in [5.74, 6) is 0.883. The minimum atomic E-state index is -0.763. The number of fused-ring (bicyclic) bond motifs is 2. The Hall–Kier alpha value is -4.38. The van der Waals surface area contributed by atoms with Crippen LogP contribution in [0.15, 0.2) is 58.3 Å². The third-order valence-corrected chi connectivity index (χ3v) is 6.36. The van der Waals surface area contributed by atoms with Crippen LogP contribution in [0.2, 0.25) is 5.02 Å². The topological polar surface area (TPSA) is 118 Å². The zero-order chi connectivity index (χ0) is 27.4. The van der Waals surface area contributed by atoms with Gasteiger partial charge in [0, 0.05) is 30.7 Å². The number of anilines is 2. The molecule has 5 aromatic rings. The predicted molar refractivity (Wildman–Crippen MR) is 145 cm³/mol. The van der Waals surface area contributed by atoms with Crippen molar-refractivity contribution in [3.05, 3.63) is 80.2 Å². The Kier molecular flexibility index (Phi) is 6.10. The SMILES string of the molecule is Cn1c(Nc2ccccn2)nc2c1c(=O)n(Cc1cc3c(Cl)cccc3n1C(=O)OC(C)(C)C)c(=O)n2C. The van der Waals surface area contributed by atoms with Crippen molar-refractivity contribution in [3.8, 4) is 0 Å². The molecule has 0 amide bonds. The summed E-state index contributed by atoms with van der Waals surface area (Å²) >= 11 is 6.42. The summed E-state index contributed by atoms with van der Waals surface area (Å²) in [6, 6.07) is 12.2. The van der Waals surface area contributed by atoms with Crippen LogP contribution in [0.4, 0.5) is 16.6 Å². The van der Waals surface area contributed by atoms with Gasteiger partial charge in [-0.25, -0.2) is 19.1 Å². The van der Waals surface area contributed by atoms with Crippen molar-refractivity contribution in [1.82, 2.24) is 28.2 Å². The first-order valence-corrected chi connectivity index (χ1v) is 12.2. The molecule has 0 saturated carbocycles. The average Bonchev–Trinajstić information content (AvgIpc) is 3.39. The van der Waals surface area contributed by atoms with Crippen molar-refractivity contribution >= 4 is 51.5 Å². The van der Waals surface area contributed by atoms with Crippen LogP contribution < -0.4 is 16.6 Å². The van der Waals surface area contributed by atoms with Gasteiger partial charge in [0.15, 0.2) is 11.2 Å². The summed E-state index contributed by atoms with van der Waals surface area (Å²) in [5, 5.41) is 4.10. The lowest BCUT2D eigenvalue weighted by Crippen LogP contribution is -2.40. The van der Waals surface area contributed by atoms with E-state index in [1.165, 1.54) is 9.13 Å². The van der Waals surface area contributed by atoms with E-state index in [1.807, 2.05) is 6.07 Å². The van der Waals surface area contributed by atoms with Crippen LogP contribution in [0.1, 0.15) is 26.5 Å². The van der Waals surface area contributed by atoms with E-state index in [-0.39, 0.29) is 17.7 Å². The molecular formula is C26H26ClN7O4. The number of halogens is 1. The highest BCUT2D eigenvalue weighted by atomic mass is 35.5. The second-order valence-electron chi connectivity index (χ2n) is 9.86. The van der Waals surface area contributed by atoms with E-state index < -0.39 is 22.9 Å². The van der Waals surface area contributed by atoms with Crippen molar-refractivity contribution in [2.75, 3.05) is 5.32 Å². The van der Waals surface area contributed by atoms with E-state index in [1.54, 1.807) is 82.0 Å². The lowest BCUT2D eigenvalue weighted by Gasteiger charge is -2.21. The highest BCUT2D eigenvalue weighted by Crippen LogP contribution is 2.28. The van der Waals surface area contributed by atoms with Crippen LogP contribution in [-0.2, 0) is 25.4 Å². The van der Waals surface area contributed by atoms with Crippen LogP contribution >= 0.6 is 11.6 Å². The zero-order valence-electron chi connectivity index (χ0n) is 21.5. The third kappa shape index (κ3) is 4.34. The number of pyridine rings is 1. The Labute approximate surface area is 221 Å². The van der Waals surface area contributed by atoms with Crippen molar-refractivity contribution in [2.24, 2.45) is 14.1 Å². The monoisotopic (exact) mass is 535 g/mol. The Bertz CT molecular complexity index is 1820. The number of ether oxygens (including phenoxy) is 1. The quantitative estimate of drug-likeness (QED) is 0.369. The van der Waals surface area contributed by atoms with Gasteiger partial charge >= 0.3 is 11.8 Å². The van der Waals surface area contributed by atoms with E-state index >= 15 is 0 Å². The van der Waals surface area contributed by atoms with Crippen LogP contribution in [0.5, 0.6) is 0 Å². The lowest BCUT2D eigenvalue weighted by atomic mass is 10.2. The highest BCUT2D eigenvalue weighted by molar-refractivity contribution is 6.35. The lowest BCUT2D eigenvalue weighted by molar-refractivity contribution is 0.0540. The third-order valence-electron chi connectivity index (χ3n) is 6.03. The van der Waals surface area contributed by atoms with Crippen molar-refractivity contribution in [2.45, 2.75) is 32.9 Å². The van der Waals surface area contributed by atoms with Gasteiger partial charge in [-0.15, -0.1) is 0 Å². The molecule has 0 aliphatic heterocycles. The fourth-order valence-electron chi connectivity index (χ4n) is 4.30. The number of rotatable bonds is 4. The number of nitrogens with one attached hydrogen (secondary N) is 1. The summed E-state index contributed by atoms with van der Waals surface area (Å²) in [4.78, 5) is 49.0. The van der Waals surface area contributed by atoms with E-state index in [0.29, 0.717) is 33.4 Å². The zero-order valence-corrected chi connectivity index (χ0v) is 22.3. The average molecular weight is 536 g/mol. The van der Waals surface area contributed by atoms with Crippen molar-refractivity contribution < 1.29 is 9.53 Å². The number of aromatic nitrogens is 6. The first kappa shape index (κ1) is 25.3. The van der Waals surface area contributed by atoms with Crippen LogP contribution in [0.3, 0.4) is 0 Å². The normalized spacial score (nSPS) is 11.8. The van der Waals surface area contributed by atoms with Crippen LogP contribution in [0.25, 0.3) is 22.1 Å². The molecule has 4 heterocycles. The molecule has 0 unspecified atom stereocenters. The van der Waals surface area contributed by atoms with Gasteiger partial charge in [0.25, 0.3) is 5.56 Å². The molecular weight excluding hydrogens is 510 g/mol. The molecule has 12 heteroatoms. The molecule has 0 bridgehead atoms. The van der Waals surface area contributed by atoms with E-state index in [2.05, 4.69) is 15.3 Å². The first-order valence-electron chi connectivity index (χ1n) is 11.8. The Balaban J connectivity index is 1.67. The summed E-state index contributed by atoms with van der Waals surface area (Å²) in [5.41, 5.74) is -0.598. The fraction of sp³-hybridized carbons (Fsp3) is 0.269. The van der Waals surface area contributed by atoms with E-state index in [9.17, 15) is 14.4 Å². The summed E-state index contributed by atoms with van der Waals surface area (Å²) in [7, 11) is 3.22. The Morgan fingerprint density at radius 3 is 2.53 bits per heavy atom. The van der Waals surface area contributed by atoms with E-state index in [0.717, 1.165) is 4.57 Å². The van der Waals surface area contributed by atoms with Crippen LogP contribution in [0, 0.1) is 0 Å². The maximum atomic E-state index is 13.7. The number of aryl methyl sites for hydroxylation is 2. The van der Waals surface area contributed by atoms with Crippen molar-refractivity contribution in [1.29, 1.82) is 0 Å². The Morgan fingerprint density at radius 2 is 1.84 bits per heavy atom. The standard InChI is InChI=1S/C26H26ClN7O4/c1-26(2,3)38-25(37)34-15(13-16-17(27)9-8-10-18(16)34)14-33-22(35)20-21(32(5)24(33)36)30-23(31(20)4)29-19-11-6-7-12-28-19/h6-13H,14H2,1-5H3,(H,28,29,30).